The van der Waals surface area contributed by atoms with Gasteiger partial charge in [0.15, 0.2) is 5.96 Å². The zero-order chi connectivity index (χ0) is 20.5. The number of nitrogens with one attached hydrogen (secondary N) is 2. The fraction of sp³-hybridized carbons (Fsp3) is 0.391. The molecule has 0 aliphatic carbocycles. The molecular weight excluding hydrogens is 491 g/mol. The van der Waals surface area contributed by atoms with Gasteiger partial charge < -0.3 is 20.3 Å². The molecule has 7 heteroatoms. The first-order chi connectivity index (χ1) is 14.2. The number of halogens is 1. The van der Waals surface area contributed by atoms with E-state index in [0.717, 1.165) is 43.3 Å². The molecule has 0 bridgehead atoms. The van der Waals surface area contributed by atoms with Gasteiger partial charge in [0.25, 0.3) is 0 Å². The third-order valence-corrected chi connectivity index (χ3v) is 4.98. The lowest BCUT2D eigenvalue weighted by molar-refractivity contribution is -0.131. The zero-order valence-corrected chi connectivity index (χ0v) is 20.0. The van der Waals surface area contributed by atoms with E-state index in [-0.39, 0.29) is 29.9 Å². The predicted molar refractivity (Wildman–Crippen MR) is 131 cm³/mol. The first-order valence-electron chi connectivity index (χ1n) is 10.2. The fourth-order valence-corrected chi connectivity index (χ4v) is 3.36. The number of hydrogen-bond acceptors (Lipinski definition) is 3. The van der Waals surface area contributed by atoms with Crippen molar-refractivity contribution in [2.24, 2.45) is 4.99 Å². The summed E-state index contributed by atoms with van der Waals surface area (Å²) in [6.45, 7) is 5.59. The smallest absolute Gasteiger partial charge is 0.223 e. The molecule has 0 spiro atoms. The maximum absolute atomic E-state index is 12.5. The van der Waals surface area contributed by atoms with Gasteiger partial charge in [0.2, 0.25) is 5.91 Å². The lowest BCUT2D eigenvalue weighted by Gasteiger charge is -2.16. The highest BCUT2D eigenvalue weighted by atomic mass is 127. The van der Waals surface area contributed by atoms with Crippen LogP contribution in [-0.4, -0.2) is 37.0 Å². The van der Waals surface area contributed by atoms with Crippen molar-refractivity contribution in [3.05, 3.63) is 65.2 Å². The Morgan fingerprint density at radius 3 is 2.33 bits per heavy atom. The summed E-state index contributed by atoms with van der Waals surface area (Å²) in [6, 6.07) is 16.2. The van der Waals surface area contributed by atoms with Crippen molar-refractivity contribution in [1.82, 2.24) is 15.5 Å². The van der Waals surface area contributed by atoms with Crippen LogP contribution in [0.2, 0.25) is 0 Å². The summed E-state index contributed by atoms with van der Waals surface area (Å²) in [5.74, 6) is 1.82. The minimum Gasteiger partial charge on any atom is -0.497 e. The molecule has 1 aliphatic heterocycles. The lowest BCUT2D eigenvalue weighted by Crippen LogP contribution is -2.38. The average Bonchev–Trinajstić information content (AvgIpc) is 3.19. The van der Waals surface area contributed by atoms with Crippen LogP contribution in [0.15, 0.2) is 53.5 Å². The second-order valence-corrected chi connectivity index (χ2v) is 7.09. The molecular formula is C23H31IN4O2. The van der Waals surface area contributed by atoms with E-state index in [9.17, 15) is 4.79 Å². The van der Waals surface area contributed by atoms with E-state index >= 15 is 0 Å². The van der Waals surface area contributed by atoms with Crippen LogP contribution in [0.3, 0.4) is 0 Å². The minimum absolute atomic E-state index is 0. The Morgan fingerprint density at radius 2 is 1.73 bits per heavy atom. The van der Waals surface area contributed by atoms with Gasteiger partial charge in [-0.25, -0.2) is 4.99 Å². The number of carbonyl (C=O) groups is 1. The van der Waals surface area contributed by atoms with E-state index in [1.165, 1.54) is 11.1 Å². The Morgan fingerprint density at radius 1 is 1.07 bits per heavy atom. The number of benzene rings is 2. The SMILES string of the molecule is CCNC(=NCc1ccc(OC)cc1)NCCCC(=O)N1Cc2ccccc2C1.I. The van der Waals surface area contributed by atoms with Crippen molar-refractivity contribution in [1.29, 1.82) is 0 Å². The van der Waals surface area contributed by atoms with Gasteiger partial charge in [-0.2, -0.15) is 0 Å². The molecule has 0 radical (unpaired) electrons. The van der Waals surface area contributed by atoms with Gasteiger partial charge in [0, 0.05) is 32.6 Å². The Labute approximate surface area is 196 Å². The van der Waals surface area contributed by atoms with Gasteiger partial charge in [-0.05, 0) is 42.2 Å². The van der Waals surface area contributed by atoms with E-state index < -0.39 is 0 Å². The summed E-state index contributed by atoms with van der Waals surface area (Å²) in [5.41, 5.74) is 3.64. The third kappa shape index (κ3) is 6.90. The minimum atomic E-state index is 0. The summed E-state index contributed by atoms with van der Waals surface area (Å²) in [4.78, 5) is 19.0. The van der Waals surface area contributed by atoms with Crippen molar-refractivity contribution >= 4 is 35.8 Å². The normalized spacial score (nSPS) is 12.7. The number of guanidine groups is 1. The van der Waals surface area contributed by atoms with Crippen LogP contribution in [0.25, 0.3) is 0 Å². The van der Waals surface area contributed by atoms with Crippen LogP contribution in [0.4, 0.5) is 0 Å². The molecule has 0 saturated carbocycles. The average molecular weight is 522 g/mol. The number of ether oxygens (including phenoxy) is 1. The topological polar surface area (TPSA) is 66.0 Å². The highest BCUT2D eigenvalue weighted by Crippen LogP contribution is 2.22. The number of nitrogens with zero attached hydrogens (tertiary/aromatic N) is 2. The first kappa shape index (κ1) is 24.0. The summed E-state index contributed by atoms with van der Waals surface area (Å²) in [7, 11) is 1.66. The molecule has 2 aromatic carbocycles. The van der Waals surface area contributed by atoms with Gasteiger partial charge in [0.1, 0.15) is 5.75 Å². The van der Waals surface area contributed by atoms with Crippen molar-refractivity contribution in [2.45, 2.75) is 39.4 Å². The number of carbonyl (C=O) groups excluding carboxylic acids is 1. The maximum atomic E-state index is 12.5. The quantitative estimate of drug-likeness (QED) is 0.240. The van der Waals surface area contributed by atoms with Crippen molar-refractivity contribution < 1.29 is 9.53 Å². The van der Waals surface area contributed by atoms with E-state index in [4.69, 9.17) is 4.74 Å². The van der Waals surface area contributed by atoms with Gasteiger partial charge in [-0.15, -0.1) is 24.0 Å². The Bertz CT molecular complexity index is 814. The van der Waals surface area contributed by atoms with E-state index in [0.29, 0.717) is 19.5 Å². The maximum Gasteiger partial charge on any atom is 0.223 e. The molecule has 1 heterocycles. The van der Waals surface area contributed by atoms with Crippen LogP contribution in [0.5, 0.6) is 5.75 Å². The predicted octanol–water partition coefficient (Wildman–Crippen LogP) is 3.69. The molecule has 1 amide bonds. The second-order valence-electron chi connectivity index (χ2n) is 7.09. The summed E-state index contributed by atoms with van der Waals surface area (Å²) < 4.78 is 5.18. The Balaban J connectivity index is 0.00000320. The molecule has 2 N–H and O–H groups in total. The molecule has 0 unspecified atom stereocenters. The van der Waals surface area contributed by atoms with Crippen LogP contribution in [0.1, 0.15) is 36.5 Å². The van der Waals surface area contributed by atoms with E-state index in [1.54, 1.807) is 7.11 Å². The number of fused-ring (bicyclic) bond motifs is 1. The number of hydrogen-bond donors (Lipinski definition) is 2. The molecule has 0 aromatic heterocycles. The molecule has 1 aliphatic rings. The zero-order valence-electron chi connectivity index (χ0n) is 17.7. The number of aliphatic imine (C=N–C) groups is 1. The fourth-order valence-electron chi connectivity index (χ4n) is 3.36. The van der Waals surface area contributed by atoms with Gasteiger partial charge in [0.05, 0.1) is 13.7 Å². The van der Waals surface area contributed by atoms with Crippen LogP contribution >= 0.6 is 24.0 Å². The number of amides is 1. The molecule has 6 nitrogen and oxygen atoms in total. The summed E-state index contributed by atoms with van der Waals surface area (Å²) >= 11 is 0. The molecule has 2 aromatic rings. The first-order valence-corrected chi connectivity index (χ1v) is 10.2. The number of methoxy groups -OCH3 is 1. The molecule has 0 atom stereocenters. The van der Waals surface area contributed by atoms with Crippen LogP contribution in [0, 0.1) is 0 Å². The summed E-state index contributed by atoms with van der Waals surface area (Å²) in [5, 5.41) is 6.57. The number of rotatable bonds is 8. The van der Waals surface area contributed by atoms with Crippen molar-refractivity contribution in [3.8, 4) is 5.75 Å². The standard InChI is InChI=1S/C23H30N4O2.HI/c1-3-24-23(26-15-18-10-12-21(29-2)13-11-18)25-14-6-9-22(28)27-16-19-7-4-5-8-20(19)17-27;/h4-5,7-8,10-13H,3,6,9,14-17H2,1-2H3,(H2,24,25,26);1H. The molecule has 0 saturated heterocycles. The van der Waals surface area contributed by atoms with Gasteiger partial charge in [-0.1, -0.05) is 36.4 Å². The lowest BCUT2D eigenvalue weighted by atomic mass is 10.1. The molecule has 30 heavy (non-hydrogen) atoms. The van der Waals surface area contributed by atoms with Gasteiger partial charge in [-0.3, -0.25) is 4.79 Å². The third-order valence-electron chi connectivity index (χ3n) is 4.98. The highest BCUT2D eigenvalue weighted by molar-refractivity contribution is 14.0. The second kappa shape index (κ2) is 12.4. The molecule has 0 fully saturated rings. The van der Waals surface area contributed by atoms with Gasteiger partial charge >= 0.3 is 0 Å². The molecule has 3 rings (SSSR count). The summed E-state index contributed by atoms with van der Waals surface area (Å²) in [6.07, 6.45) is 1.32. The monoisotopic (exact) mass is 522 g/mol. The van der Waals surface area contributed by atoms with E-state index in [1.807, 2.05) is 48.2 Å². The van der Waals surface area contributed by atoms with Crippen LogP contribution in [-0.2, 0) is 24.4 Å². The molecule has 162 valence electrons. The largest absolute Gasteiger partial charge is 0.497 e. The van der Waals surface area contributed by atoms with Crippen LogP contribution < -0.4 is 15.4 Å². The highest BCUT2D eigenvalue weighted by Gasteiger charge is 2.22. The van der Waals surface area contributed by atoms with Crippen molar-refractivity contribution in [2.75, 3.05) is 20.2 Å². The van der Waals surface area contributed by atoms with Crippen molar-refractivity contribution in [3.63, 3.8) is 0 Å². The van der Waals surface area contributed by atoms with E-state index in [2.05, 4.69) is 27.8 Å². The Kier molecular flexibility index (Phi) is 9.93. The Hall–Kier alpha value is -2.29.